The maximum atomic E-state index is 12.6. The predicted octanol–water partition coefficient (Wildman–Crippen LogP) is 2.33. The molecule has 0 bridgehead atoms. The molecule has 2 aromatic heterocycles. The summed E-state index contributed by atoms with van der Waals surface area (Å²) in [6.07, 6.45) is 2.88. The first-order valence-corrected chi connectivity index (χ1v) is 10.8. The smallest absolute Gasteiger partial charge is 0.254 e. The van der Waals surface area contributed by atoms with Crippen LogP contribution in [0.2, 0.25) is 0 Å². The van der Waals surface area contributed by atoms with Crippen LogP contribution in [0.5, 0.6) is 0 Å². The highest BCUT2D eigenvalue weighted by Gasteiger charge is 2.42. The van der Waals surface area contributed by atoms with Gasteiger partial charge in [-0.3, -0.25) is 9.69 Å². The van der Waals surface area contributed by atoms with E-state index < -0.39 is 0 Å². The normalized spacial score (nSPS) is 25.4. The Hall–Kier alpha value is -2.32. The number of amidine groups is 1. The number of piperazine rings is 1. The van der Waals surface area contributed by atoms with Crippen LogP contribution in [0.15, 0.2) is 44.8 Å². The van der Waals surface area contributed by atoms with Crippen LogP contribution >= 0.6 is 11.3 Å². The number of hydrogen-bond donors (Lipinski definition) is 0. The molecule has 7 nitrogen and oxygen atoms in total. The molecule has 0 N–H and O–H groups in total. The monoisotopic (exact) mass is 400 g/mol. The number of nitrogens with zero attached hydrogens (tertiary/aromatic N) is 4. The number of piperidine rings is 1. The number of amides is 1. The second-order valence-electron chi connectivity index (χ2n) is 7.59. The van der Waals surface area contributed by atoms with E-state index in [2.05, 4.69) is 15.0 Å². The third kappa shape index (κ3) is 3.42. The molecule has 2 atom stereocenters. The first-order valence-electron chi connectivity index (χ1n) is 9.83. The second kappa shape index (κ2) is 7.60. The fourth-order valence-electron chi connectivity index (χ4n) is 4.33. The summed E-state index contributed by atoms with van der Waals surface area (Å²) in [7, 11) is 0. The number of rotatable bonds is 3. The van der Waals surface area contributed by atoms with Gasteiger partial charge in [0.25, 0.3) is 5.91 Å². The summed E-state index contributed by atoms with van der Waals surface area (Å²) in [6.45, 7) is 5.81. The summed E-state index contributed by atoms with van der Waals surface area (Å²) in [5.74, 6) is 2.47. The van der Waals surface area contributed by atoms with Gasteiger partial charge in [0.1, 0.15) is 11.9 Å². The summed E-state index contributed by atoms with van der Waals surface area (Å²) in [5, 5.41) is 8.32. The molecule has 2 saturated heterocycles. The number of likely N-dealkylation sites (tertiary alicyclic amines) is 1. The van der Waals surface area contributed by atoms with Crippen molar-refractivity contribution in [2.45, 2.75) is 19.1 Å². The van der Waals surface area contributed by atoms with E-state index in [9.17, 15) is 4.79 Å². The Bertz CT molecular complexity index is 828. The van der Waals surface area contributed by atoms with Gasteiger partial charge >= 0.3 is 0 Å². The zero-order chi connectivity index (χ0) is 18.9. The van der Waals surface area contributed by atoms with Crippen molar-refractivity contribution in [3.63, 3.8) is 0 Å². The van der Waals surface area contributed by atoms with Crippen LogP contribution in [-0.4, -0.2) is 71.8 Å². The molecule has 0 aliphatic carbocycles. The van der Waals surface area contributed by atoms with Crippen molar-refractivity contribution in [1.29, 1.82) is 0 Å². The summed E-state index contributed by atoms with van der Waals surface area (Å²) in [6, 6.07) is 5.86. The highest BCUT2D eigenvalue weighted by atomic mass is 32.1. The lowest BCUT2D eigenvalue weighted by atomic mass is 9.93. The molecule has 1 amide bonds. The van der Waals surface area contributed by atoms with Crippen LogP contribution in [0.1, 0.15) is 22.5 Å². The average molecular weight is 401 g/mol. The molecule has 3 aliphatic heterocycles. The van der Waals surface area contributed by atoms with Gasteiger partial charge in [0.2, 0.25) is 0 Å². The van der Waals surface area contributed by atoms with Crippen molar-refractivity contribution in [2.75, 3.05) is 39.3 Å². The summed E-state index contributed by atoms with van der Waals surface area (Å²) in [5.41, 5.74) is 0.793. The number of thiophene rings is 1. The van der Waals surface area contributed by atoms with Crippen molar-refractivity contribution < 1.29 is 14.0 Å². The number of carbonyl (C=O) groups excluding carboxylic acids is 1. The van der Waals surface area contributed by atoms with E-state index >= 15 is 0 Å². The van der Waals surface area contributed by atoms with Crippen molar-refractivity contribution in [3.8, 4) is 0 Å². The topological polar surface area (TPSA) is 61.5 Å². The van der Waals surface area contributed by atoms with E-state index in [-0.39, 0.29) is 12.0 Å². The Morgan fingerprint density at radius 2 is 2.11 bits per heavy atom. The Morgan fingerprint density at radius 3 is 2.86 bits per heavy atom. The van der Waals surface area contributed by atoms with Crippen LogP contribution in [-0.2, 0) is 11.4 Å². The van der Waals surface area contributed by atoms with E-state index in [1.54, 1.807) is 17.6 Å². The minimum atomic E-state index is 0.130. The molecule has 3 aliphatic rings. The lowest BCUT2D eigenvalue weighted by molar-refractivity contribution is 0.0105. The number of hydrogen-bond acceptors (Lipinski definition) is 7. The molecule has 0 aromatic carbocycles. The summed E-state index contributed by atoms with van der Waals surface area (Å²) < 4.78 is 5.51. The molecule has 0 spiro atoms. The molecule has 0 radical (unpaired) electrons. The predicted molar refractivity (Wildman–Crippen MR) is 106 cm³/mol. The molecule has 0 saturated carbocycles. The van der Waals surface area contributed by atoms with E-state index in [4.69, 9.17) is 9.25 Å². The lowest BCUT2D eigenvalue weighted by Gasteiger charge is -2.39. The Morgan fingerprint density at radius 1 is 1.21 bits per heavy atom. The molecular weight excluding hydrogens is 376 g/mol. The van der Waals surface area contributed by atoms with Gasteiger partial charge in [-0.1, -0.05) is 5.16 Å². The molecule has 5 rings (SSSR count). The molecule has 0 unspecified atom stereocenters. The zero-order valence-electron chi connectivity index (χ0n) is 15.7. The highest BCUT2D eigenvalue weighted by molar-refractivity contribution is 7.08. The molecule has 28 heavy (non-hydrogen) atoms. The zero-order valence-corrected chi connectivity index (χ0v) is 16.5. The van der Waals surface area contributed by atoms with Crippen LogP contribution in [0.25, 0.3) is 0 Å². The number of carbonyl (C=O) groups is 1. The van der Waals surface area contributed by atoms with Gasteiger partial charge in [-0.05, 0) is 23.6 Å². The summed E-state index contributed by atoms with van der Waals surface area (Å²) in [4.78, 5) is 25.0. The lowest BCUT2D eigenvalue weighted by Crippen LogP contribution is -2.54. The maximum Gasteiger partial charge on any atom is 0.254 e. The highest BCUT2D eigenvalue weighted by Crippen LogP contribution is 2.30. The van der Waals surface area contributed by atoms with Crippen molar-refractivity contribution >= 4 is 23.1 Å². The van der Waals surface area contributed by atoms with Gasteiger partial charge in [0.15, 0.2) is 5.84 Å². The molecule has 8 heteroatoms. The first kappa shape index (κ1) is 17.8. The minimum absolute atomic E-state index is 0.130. The van der Waals surface area contributed by atoms with Gasteiger partial charge in [-0.25, -0.2) is 0 Å². The third-order valence-electron chi connectivity index (χ3n) is 5.87. The minimum Gasteiger partial charge on any atom is -0.468 e. The standard InChI is InChI=1S/C20H24N4O3S/c25-20(15-4-11-28-14-15)24-8-6-23(7-9-24)19-17-13-22(5-3-18(17)27-21-19)12-16-2-1-10-26-16/h1-2,4,10-11,14,17-18H,3,5-9,12-13H2/t17-,18-/m0/s1. The van der Waals surface area contributed by atoms with E-state index in [1.807, 2.05) is 33.9 Å². The fourth-order valence-corrected chi connectivity index (χ4v) is 4.96. The quantitative estimate of drug-likeness (QED) is 0.791. The summed E-state index contributed by atoms with van der Waals surface area (Å²) >= 11 is 1.56. The Labute approximate surface area is 168 Å². The molecule has 2 fully saturated rings. The number of furan rings is 1. The third-order valence-corrected chi connectivity index (χ3v) is 6.55. The van der Waals surface area contributed by atoms with Crippen LogP contribution in [0.4, 0.5) is 0 Å². The molecular formula is C20H24N4O3S. The largest absolute Gasteiger partial charge is 0.468 e. The van der Waals surface area contributed by atoms with Crippen molar-refractivity contribution in [3.05, 3.63) is 46.5 Å². The second-order valence-corrected chi connectivity index (χ2v) is 8.37. The molecule has 2 aromatic rings. The van der Waals surface area contributed by atoms with Crippen LogP contribution in [0, 0.1) is 5.92 Å². The fraction of sp³-hybridized carbons (Fsp3) is 0.500. The van der Waals surface area contributed by atoms with Gasteiger partial charge < -0.3 is 19.1 Å². The van der Waals surface area contributed by atoms with E-state index in [0.29, 0.717) is 5.92 Å². The SMILES string of the molecule is O=C(c1ccsc1)N1CCN(C2=NO[C@H]3CCN(Cc4ccco4)C[C@H]23)CC1. The molecule has 148 valence electrons. The van der Waals surface area contributed by atoms with Gasteiger partial charge in [-0.2, -0.15) is 11.3 Å². The van der Waals surface area contributed by atoms with E-state index in [0.717, 1.165) is 69.4 Å². The first-order chi connectivity index (χ1) is 13.8. The van der Waals surface area contributed by atoms with Gasteiger partial charge in [-0.15, -0.1) is 0 Å². The van der Waals surface area contributed by atoms with Gasteiger partial charge in [0, 0.05) is 51.1 Å². The van der Waals surface area contributed by atoms with Gasteiger partial charge in [0.05, 0.1) is 24.3 Å². The molecule has 5 heterocycles. The average Bonchev–Trinajstić information content (AvgIpc) is 3.49. The van der Waals surface area contributed by atoms with E-state index in [1.165, 1.54) is 0 Å². The van der Waals surface area contributed by atoms with Crippen molar-refractivity contribution in [2.24, 2.45) is 11.1 Å². The maximum absolute atomic E-state index is 12.6. The van der Waals surface area contributed by atoms with Crippen molar-refractivity contribution in [1.82, 2.24) is 14.7 Å². The Balaban J connectivity index is 1.19. The number of oxime groups is 1. The van der Waals surface area contributed by atoms with Crippen LogP contribution < -0.4 is 0 Å². The Kier molecular flexibility index (Phi) is 4.82. The number of fused-ring (bicyclic) bond motifs is 1. The van der Waals surface area contributed by atoms with Crippen LogP contribution in [0.3, 0.4) is 0 Å².